The summed E-state index contributed by atoms with van der Waals surface area (Å²) in [5, 5.41) is 0. The van der Waals surface area contributed by atoms with E-state index in [1.165, 1.54) is 18.2 Å². The van der Waals surface area contributed by atoms with Crippen molar-refractivity contribution in [3.63, 3.8) is 0 Å². The van der Waals surface area contributed by atoms with Gasteiger partial charge in [-0.3, -0.25) is 9.59 Å². The molecule has 7 nitrogen and oxygen atoms in total. The van der Waals surface area contributed by atoms with Crippen molar-refractivity contribution in [3.8, 4) is 12.3 Å². The molecule has 2 fully saturated rings. The van der Waals surface area contributed by atoms with Gasteiger partial charge in [0.1, 0.15) is 0 Å². The van der Waals surface area contributed by atoms with Crippen molar-refractivity contribution in [1.82, 2.24) is 14.5 Å². The third-order valence-electron chi connectivity index (χ3n) is 4.56. The topological polar surface area (TPSA) is 86.8 Å². The largest absolute Gasteiger partial charge is 0.339 e. The Bertz CT molecular complexity index is 847. The van der Waals surface area contributed by atoms with Gasteiger partial charge in [0.25, 0.3) is 5.91 Å². The van der Waals surface area contributed by atoms with Crippen molar-refractivity contribution < 1.29 is 18.0 Å². The van der Waals surface area contributed by atoms with Crippen LogP contribution in [0, 0.1) is 18.3 Å². The van der Waals surface area contributed by atoms with E-state index in [0.29, 0.717) is 31.7 Å². The number of carbonyl (C=O) groups excluding carboxylic acids is 2. The molecule has 2 amide bonds. The van der Waals surface area contributed by atoms with Gasteiger partial charge in [0.2, 0.25) is 15.9 Å². The van der Waals surface area contributed by atoms with E-state index >= 15 is 0 Å². The summed E-state index contributed by atoms with van der Waals surface area (Å²) in [6.07, 6.45) is 7.01. The lowest BCUT2D eigenvalue weighted by Crippen LogP contribution is -2.51. The first-order valence-electron chi connectivity index (χ1n) is 8.53. The molecule has 1 heterocycles. The van der Waals surface area contributed by atoms with Crippen molar-refractivity contribution >= 4 is 21.8 Å². The van der Waals surface area contributed by atoms with Crippen LogP contribution in [0.4, 0.5) is 0 Å². The highest BCUT2D eigenvalue weighted by molar-refractivity contribution is 7.89. The van der Waals surface area contributed by atoms with E-state index < -0.39 is 10.0 Å². The number of benzene rings is 1. The molecule has 1 aromatic rings. The Balaban J connectivity index is 1.66. The SMILES string of the molecule is C#CCNS(=O)(=O)c1cccc(C(=O)N2CCN(C(=O)C3CC3)CC2)c1. The summed E-state index contributed by atoms with van der Waals surface area (Å²) in [4.78, 5) is 28.2. The second-order valence-corrected chi connectivity index (χ2v) is 8.22. The van der Waals surface area contributed by atoms with Gasteiger partial charge in [-0.1, -0.05) is 12.0 Å². The molecule has 1 aliphatic carbocycles. The third-order valence-corrected chi connectivity index (χ3v) is 5.96. The van der Waals surface area contributed by atoms with Gasteiger partial charge in [0.15, 0.2) is 0 Å². The summed E-state index contributed by atoms with van der Waals surface area (Å²) in [6, 6.07) is 5.89. The molecule has 26 heavy (non-hydrogen) atoms. The van der Waals surface area contributed by atoms with E-state index in [1.54, 1.807) is 11.0 Å². The summed E-state index contributed by atoms with van der Waals surface area (Å²) >= 11 is 0. The van der Waals surface area contributed by atoms with Crippen LogP contribution in [0.5, 0.6) is 0 Å². The Kier molecular flexibility index (Phi) is 5.30. The number of terminal acetylenes is 1. The lowest BCUT2D eigenvalue weighted by atomic mass is 10.1. The molecule has 1 saturated carbocycles. The Labute approximate surface area is 153 Å². The van der Waals surface area contributed by atoms with Crippen LogP contribution in [-0.2, 0) is 14.8 Å². The third kappa shape index (κ3) is 4.06. The Morgan fingerprint density at radius 1 is 1.15 bits per heavy atom. The molecule has 1 N–H and O–H groups in total. The number of piperazine rings is 1. The van der Waals surface area contributed by atoms with E-state index in [-0.39, 0.29) is 29.2 Å². The zero-order valence-corrected chi connectivity index (χ0v) is 15.2. The molecule has 1 aromatic carbocycles. The highest BCUT2D eigenvalue weighted by Gasteiger charge is 2.35. The highest BCUT2D eigenvalue weighted by Crippen LogP contribution is 2.31. The van der Waals surface area contributed by atoms with Crippen LogP contribution in [0.1, 0.15) is 23.2 Å². The number of sulfonamides is 1. The van der Waals surface area contributed by atoms with E-state index in [4.69, 9.17) is 6.42 Å². The first-order chi connectivity index (χ1) is 12.4. The molecular weight excluding hydrogens is 354 g/mol. The maximum absolute atomic E-state index is 12.7. The number of nitrogens with one attached hydrogen (secondary N) is 1. The average molecular weight is 375 g/mol. The van der Waals surface area contributed by atoms with Crippen LogP contribution < -0.4 is 4.72 Å². The molecule has 8 heteroatoms. The molecule has 1 aliphatic heterocycles. The van der Waals surface area contributed by atoms with Crippen LogP contribution in [-0.4, -0.2) is 62.8 Å². The van der Waals surface area contributed by atoms with Gasteiger partial charge in [0.05, 0.1) is 11.4 Å². The molecule has 0 bridgehead atoms. The quantitative estimate of drug-likeness (QED) is 0.750. The minimum Gasteiger partial charge on any atom is -0.339 e. The average Bonchev–Trinajstić information content (AvgIpc) is 3.51. The van der Waals surface area contributed by atoms with Gasteiger partial charge in [-0.25, -0.2) is 8.42 Å². The van der Waals surface area contributed by atoms with Crippen molar-refractivity contribution in [1.29, 1.82) is 0 Å². The second-order valence-electron chi connectivity index (χ2n) is 6.45. The van der Waals surface area contributed by atoms with Crippen molar-refractivity contribution in [2.45, 2.75) is 17.7 Å². The van der Waals surface area contributed by atoms with Crippen molar-refractivity contribution in [2.24, 2.45) is 5.92 Å². The van der Waals surface area contributed by atoms with Crippen molar-refractivity contribution in [2.75, 3.05) is 32.7 Å². The van der Waals surface area contributed by atoms with Gasteiger partial charge in [-0.15, -0.1) is 6.42 Å². The summed E-state index contributed by atoms with van der Waals surface area (Å²) < 4.78 is 26.6. The van der Waals surface area contributed by atoms with E-state index in [1.807, 2.05) is 4.90 Å². The monoisotopic (exact) mass is 375 g/mol. The molecule has 1 saturated heterocycles. The predicted octanol–water partition coefficient (Wildman–Crippen LogP) is 0.293. The predicted molar refractivity (Wildman–Crippen MR) is 95.7 cm³/mol. The molecular formula is C18H21N3O4S. The standard InChI is InChI=1S/C18H21N3O4S/c1-2-8-19-26(24,25)16-5-3-4-15(13-16)18(23)21-11-9-20(10-12-21)17(22)14-6-7-14/h1,3-5,13-14,19H,6-12H2. The summed E-state index contributed by atoms with van der Waals surface area (Å²) in [5.74, 6) is 2.33. The van der Waals surface area contributed by atoms with Gasteiger partial charge < -0.3 is 9.80 Å². The Morgan fingerprint density at radius 2 is 1.81 bits per heavy atom. The smallest absolute Gasteiger partial charge is 0.254 e. The molecule has 2 aliphatic rings. The minimum absolute atomic E-state index is 0.00106. The molecule has 0 spiro atoms. The maximum Gasteiger partial charge on any atom is 0.254 e. The van der Waals surface area contributed by atoms with Gasteiger partial charge in [-0.2, -0.15) is 4.72 Å². The number of rotatable bonds is 5. The molecule has 0 atom stereocenters. The lowest BCUT2D eigenvalue weighted by Gasteiger charge is -2.35. The molecule has 3 rings (SSSR count). The fourth-order valence-electron chi connectivity index (χ4n) is 2.92. The van der Waals surface area contributed by atoms with Crippen LogP contribution in [0.15, 0.2) is 29.2 Å². The van der Waals surface area contributed by atoms with Crippen LogP contribution in [0.3, 0.4) is 0 Å². The van der Waals surface area contributed by atoms with Gasteiger partial charge >= 0.3 is 0 Å². The number of hydrogen-bond donors (Lipinski definition) is 1. The maximum atomic E-state index is 12.7. The van der Waals surface area contributed by atoms with Gasteiger partial charge in [-0.05, 0) is 31.0 Å². The van der Waals surface area contributed by atoms with Crippen molar-refractivity contribution in [3.05, 3.63) is 29.8 Å². The normalized spacial score (nSPS) is 17.7. The Hall–Kier alpha value is -2.37. The fraction of sp³-hybridized carbons (Fsp3) is 0.444. The number of amides is 2. The highest BCUT2D eigenvalue weighted by atomic mass is 32.2. The van der Waals surface area contributed by atoms with Crippen LogP contribution in [0.2, 0.25) is 0 Å². The first-order valence-corrected chi connectivity index (χ1v) is 10.0. The van der Waals surface area contributed by atoms with E-state index in [0.717, 1.165) is 12.8 Å². The zero-order chi connectivity index (χ0) is 18.7. The van der Waals surface area contributed by atoms with Crippen LogP contribution in [0.25, 0.3) is 0 Å². The molecule has 0 unspecified atom stereocenters. The van der Waals surface area contributed by atoms with E-state index in [2.05, 4.69) is 10.6 Å². The number of nitrogens with zero attached hydrogens (tertiary/aromatic N) is 2. The van der Waals surface area contributed by atoms with E-state index in [9.17, 15) is 18.0 Å². The summed E-state index contributed by atoms with van der Waals surface area (Å²) in [7, 11) is -3.75. The number of carbonyl (C=O) groups is 2. The molecule has 0 radical (unpaired) electrons. The molecule has 0 aromatic heterocycles. The first kappa shape index (κ1) is 18.4. The minimum atomic E-state index is -3.75. The summed E-state index contributed by atoms with van der Waals surface area (Å²) in [5.41, 5.74) is 0.301. The lowest BCUT2D eigenvalue weighted by molar-refractivity contribution is -0.134. The summed E-state index contributed by atoms with van der Waals surface area (Å²) in [6.45, 7) is 1.82. The zero-order valence-electron chi connectivity index (χ0n) is 14.3. The fourth-order valence-corrected chi connectivity index (χ4v) is 3.90. The van der Waals surface area contributed by atoms with Gasteiger partial charge in [0, 0.05) is 37.7 Å². The Morgan fingerprint density at radius 3 is 2.42 bits per heavy atom. The van der Waals surface area contributed by atoms with Crippen LogP contribution >= 0.6 is 0 Å². The number of hydrogen-bond acceptors (Lipinski definition) is 4. The second kappa shape index (κ2) is 7.48. The molecule has 138 valence electrons.